The Hall–Kier alpha value is -3.11. The van der Waals surface area contributed by atoms with Gasteiger partial charge in [0, 0.05) is 22.0 Å². The van der Waals surface area contributed by atoms with E-state index in [9.17, 15) is 14.9 Å². The largest absolute Gasteiger partial charge is 0.496 e. The van der Waals surface area contributed by atoms with Crippen molar-refractivity contribution in [3.05, 3.63) is 78.7 Å². The number of hydrogen-bond donors (Lipinski definition) is 0. The average Bonchev–Trinajstić information content (AvgIpc) is 3.18. The number of hydrogen-bond acceptors (Lipinski definition) is 7. The fourth-order valence-corrected chi connectivity index (χ4v) is 4.09. The number of nitro groups is 1. The number of aromatic nitrogens is 3. The highest BCUT2D eigenvalue weighted by molar-refractivity contribution is 9.10. The topological polar surface area (TPSA) is 100 Å². The molecule has 0 spiro atoms. The van der Waals surface area contributed by atoms with Crippen LogP contribution in [-0.2, 0) is 6.54 Å². The SMILES string of the molecule is COc1ccc(Br)cc1-c1nc(Cn2cnc3ccc([N+](=O)[O-])cc3c2=O)cs1. The van der Waals surface area contributed by atoms with Crippen LogP contribution in [-0.4, -0.2) is 26.6 Å². The van der Waals surface area contributed by atoms with Gasteiger partial charge in [-0.15, -0.1) is 11.3 Å². The monoisotopic (exact) mass is 472 g/mol. The molecule has 4 aromatic rings. The summed E-state index contributed by atoms with van der Waals surface area (Å²) < 4.78 is 7.70. The van der Waals surface area contributed by atoms with Gasteiger partial charge in [-0.05, 0) is 24.3 Å². The first-order valence-corrected chi connectivity index (χ1v) is 10.1. The van der Waals surface area contributed by atoms with Crippen molar-refractivity contribution in [2.75, 3.05) is 7.11 Å². The summed E-state index contributed by atoms with van der Waals surface area (Å²) in [5, 5.41) is 13.8. The molecule has 4 rings (SSSR count). The molecule has 0 atom stereocenters. The molecule has 0 radical (unpaired) electrons. The highest BCUT2D eigenvalue weighted by Gasteiger charge is 2.14. The third-order valence-corrected chi connectivity index (χ3v) is 5.71. The Kier molecular flexibility index (Phi) is 5.12. The Morgan fingerprint density at radius 1 is 1.28 bits per heavy atom. The molecule has 0 aliphatic heterocycles. The summed E-state index contributed by atoms with van der Waals surface area (Å²) in [6, 6.07) is 9.71. The van der Waals surface area contributed by atoms with E-state index < -0.39 is 4.92 Å². The Labute approximate surface area is 176 Å². The second-order valence-corrected chi connectivity index (χ2v) is 7.90. The predicted molar refractivity (Wildman–Crippen MR) is 114 cm³/mol. The standard InChI is InChI=1S/C19H13BrN4O4S/c1-28-17-5-2-11(20)6-15(17)18-22-12(9-29-18)8-23-10-21-16-4-3-13(24(26)27)7-14(16)19(23)25/h2-7,9-10H,8H2,1H3. The molecule has 0 aliphatic carbocycles. The van der Waals surface area contributed by atoms with Gasteiger partial charge in [-0.25, -0.2) is 9.97 Å². The fourth-order valence-electron chi connectivity index (χ4n) is 2.90. The molecular formula is C19H13BrN4O4S. The van der Waals surface area contributed by atoms with Crippen molar-refractivity contribution in [3.63, 3.8) is 0 Å². The first kappa shape index (κ1) is 19.2. The molecule has 0 saturated heterocycles. The van der Waals surface area contributed by atoms with Crippen LogP contribution in [0.2, 0.25) is 0 Å². The van der Waals surface area contributed by atoms with E-state index in [4.69, 9.17) is 4.74 Å². The van der Waals surface area contributed by atoms with E-state index in [1.807, 2.05) is 23.6 Å². The summed E-state index contributed by atoms with van der Waals surface area (Å²) in [4.78, 5) is 32.1. The molecule has 8 nitrogen and oxygen atoms in total. The number of nitro benzene ring substituents is 1. The fraction of sp³-hybridized carbons (Fsp3) is 0.105. The number of benzene rings is 2. The Bertz CT molecular complexity index is 1300. The zero-order valence-corrected chi connectivity index (χ0v) is 17.4. The minimum Gasteiger partial charge on any atom is -0.496 e. The normalized spacial score (nSPS) is 11.0. The van der Waals surface area contributed by atoms with Crippen molar-refractivity contribution in [2.45, 2.75) is 6.54 Å². The third kappa shape index (κ3) is 3.76. The Balaban J connectivity index is 1.70. The van der Waals surface area contributed by atoms with Gasteiger partial charge in [-0.3, -0.25) is 19.5 Å². The van der Waals surface area contributed by atoms with E-state index >= 15 is 0 Å². The number of nitrogens with zero attached hydrogens (tertiary/aromatic N) is 4. The number of ether oxygens (including phenoxy) is 1. The number of methoxy groups -OCH3 is 1. The lowest BCUT2D eigenvalue weighted by Crippen LogP contribution is -2.21. The van der Waals surface area contributed by atoms with E-state index in [0.29, 0.717) is 17.0 Å². The first-order valence-electron chi connectivity index (χ1n) is 8.38. The van der Waals surface area contributed by atoms with Crippen LogP contribution in [0.15, 0.2) is 57.4 Å². The number of fused-ring (bicyclic) bond motifs is 1. The molecule has 29 heavy (non-hydrogen) atoms. The maximum absolute atomic E-state index is 12.8. The van der Waals surface area contributed by atoms with Crippen molar-refractivity contribution < 1.29 is 9.66 Å². The number of halogens is 1. The van der Waals surface area contributed by atoms with Crippen LogP contribution in [0.4, 0.5) is 5.69 Å². The molecule has 0 saturated carbocycles. The van der Waals surface area contributed by atoms with Crippen LogP contribution in [0.1, 0.15) is 5.69 Å². The molecular weight excluding hydrogens is 460 g/mol. The van der Waals surface area contributed by atoms with Crippen LogP contribution in [0.25, 0.3) is 21.5 Å². The highest BCUT2D eigenvalue weighted by Crippen LogP contribution is 2.34. The van der Waals surface area contributed by atoms with Crippen molar-refractivity contribution in [1.29, 1.82) is 0 Å². The van der Waals surface area contributed by atoms with Gasteiger partial charge in [0.05, 0.1) is 47.1 Å². The molecule has 146 valence electrons. The zero-order chi connectivity index (χ0) is 20.5. The van der Waals surface area contributed by atoms with Gasteiger partial charge in [-0.1, -0.05) is 15.9 Å². The van der Waals surface area contributed by atoms with Crippen LogP contribution in [0.3, 0.4) is 0 Å². The molecule has 0 aliphatic rings. The maximum Gasteiger partial charge on any atom is 0.270 e. The van der Waals surface area contributed by atoms with Gasteiger partial charge >= 0.3 is 0 Å². The van der Waals surface area contributed by atoms with Crippen molar-refractivity contribution >= 4 is 43.9 Å². The summed E-state index contributed by atoms with van der Waals surface area (Å²) in [6.45, 7) is 0.206. The maximum atomic E-state index is 12.8. The molecule has 0 unspecified atom stereocenters. The highest BCUT2D eigenvalue weighted by atomic mass is 79.9. The molecule has 10 heteroatoms. The Morgan fingerprint density at radius 2 is 2.10 bits per heavy atom. The minimum atomic E-state index is -0.533. The first-order chi connectivity index (χ1) is 14.0. The van der Waals surface area contributed by atoms with Gasteiger partial charge in [-0.2, -0.15) is 0 Å². The second kappa shape index (κ2) is 7.72. The molecule has 2 aromatic heterocycles. The summed E-state index contributed by atoms with van der Waals surface area (Å²) in [6.07, 6.45) is 1.43. The van der Waals surface area contributed by atoms with Crippen molar-refractivity contribution in [1.82, 2.24) is 14.5 Å². The van der Waals surface area contributed by atoms with Gasteiger partial charge in [0.15, 0.2) is 0 Å². The lowest BCUT2D eigenvalue weighted by atomic mass is 10.2. The van der Waals surface area contributed by atoms with Crippen LogP contribution in [0, 0.1) is 10.1 Å². The molecule has 2 heterocycles. The van der Waals surface area contributed by atoms with E-state index in [1.165, 1.54) is 40.4 Å². The lowest BCUT2D eigenvalue weighted by Gasteiger charge is -2.06. The summed E-state index contributed by atoms with van der Waals surface area (Å²) in [5.41, 5.74) is 1.44. The van der Waals surface area contributed by atoms with Gasteiger partial charge in [0.1, 0.15) is 10.8 Å². The van der Waals surface area contributed by atoms with E-state index in [0.717, 1.165) is 15.0 Å². The average molecular weight is 473 g/mol. The van der Waals surface area contributed by atoms with Gasteiger partial charge in [0.2, 0.25) is 0 Å². The van der Waals surface area contributed by atoms with E-state index in [-0.39, 0.29) is 23.2 Å². The van der Waals surface area contributed by atoms with E-state index in [2.05, 4.69) is 25.9 Å². The predicted octanol–water partition coefficient (Wildman–Crippen LogP) is 4.25. The lowest BCUT2D eigenvalue weighted by molar-refractivity contribution is -0.384. The van der Waals surface area contributed by atoms with Crippen molar-refractivity contribution in [2.24, 2.45) is 0 Å². The Morgan fingerprint density at radius 3 is 2.86 bits per heavy atom. The van der Waals surface area contributed by atoms with Crippen LogP contribution in [0.5, 0.6) is 5.75 Å². The minimum absolute atomic E-state index is 0.146. The number of non-ortho nitro benzene ring substituents is 1. The summed E-state index contributed by atoms with van der Waals surface area (Å²) >= 11 is 4.89. The summed E-state index contributed by atoms with van der Waals surface area (Å²) in [7, 11) is 1.60. The molecule has 0 bridgehead atoms. The second-order valence-electron chi connectivity index (χ2n) is 6.12. The number of thiazole rings is 1. The smallest absolute Gasteiger partial charge is 0.270 e. The van der Waals surface area contributed by atoms with Crippen LogP contribution < -0.4 is 10.3 Å². The zero-order valence-electron chi connectivity index (χ0n) is 15.0. The molecule has 0 fully saturated rings. The van der Waals surface area contributed by atoms with Gasteiger partial charge < -0.3 is 4.74 Å². The number of rotatable bonds is 5. The van der Waals surface area contributed by atoms with E-state index in [1.54, 1.807) is 7.11 Å². The third-order valence-electron chi connectivity index (χ3n) is 4.29. The van der Waals surface area contributed by atoms with Crippen LogP contribution >= 0.6 is 27.3 Å². The molecule has 0 amide bonds. The molecule has 2 aromatic carbocycles. The van der Waals surface area contributed by atoms with Crippen molar-refractivity contribution in [3.8, 4) is 16.3 Å². The quantitative estimate of drug-likeness (QED) is 0.318. The molecule has 0 N–H and O–H groups in total. The van der Waals surface area contributed by atoms with Gasteiger partial charge in [0.25, 0.3) is 11.2 Å². The summed E-state index contributed by atoms with van der Waals surface area (Å²) in [5.74, 6) is 0.700.